The summed E-state index contributed by atoms with van der Waals surface area (Å²) < 4.78 is 4.83. The molecule has 1 aromatic rings. The number of carbonyl (C=O) groups excluding carboxylic acids is 1. The predicted molar refractivity (Wildman–Crippen MR) is 60.6 cm³/mol. The maximum Gasteiger partial charge on any atom is 0.356 e. The monoisotopic (exact) mass is 290 g/mol. The average Bonchev–Trinajstić information content (AvgIpc) is 2.23. The van der Waals surface area contributed by atoms with Gasteiger partial charge in [-0.2, -0.15) is 0 Å². The minimum atomic E-state index is -0.740. The van der Waals surface area contributed by atoms with Gasteiger partial charge in [0.2, 0.25) is 0 Å². The lowest BCUT2D eigenvalue weighted by atomic mass is 10.3. The molecule has 0 saturated carbocycles. The van der Waals surface area contributed by atoms with E-state index in [1.807, 2.05) is 11.9 Å². The van der Waals surface area contributed by atoms with Gasteiger partial charge in [-0.05, 0) is 22.4 Å². The van der Waals surface area contributed by atoms with E-state index in [4.69, 9.17) is 4.74 Å². The molecule has 0 saturated heterocycles. The second-order valence-corrected chi connectivity index (χ2v) is 3.88. The maximum absolute atomic E-state index is 11.5. The smallest absolute Gasteiger partial charge is 0.356 e. The second-order valence-electron chi connectivity index (χ2n) is 3.09. The molecule has 1 heterocycles. The molecule has 0 fully saturated rings. The van der Waals surface area contributed by atoms with Gasteiger partial charge >= 0.3 is 11.7 Å². The van der Waals surface area contributed by atoms with Crippen LogP contribution in [-0.4, -0.2) is 22.5 Å². The van der Waals surface area contributed by atoms with Crippen LogP contribution in [0.4, 0.5) is 0 Å². The number of hydrogen-bond donors (Lipinski definition) is 2. The van der Waals surface area contributed by atoms with Crippen LogP contribution in [0.1, 0.15) is 30.3 Å². The van der Waals surface area contributed by atoms with Gasteiger partial charge in [0, 0.05) is 0 Å². The van der Waals surface area contributed by atoms with E-state index in [0.29, 0.717) is 0 Å². The number of aromatic nitrogens is 2. The van der Waals surface area contributed by atoms with Crippen molar-refractivity contribution in [3.8, 4) is 0 Å². The third kappa shape index (κ3) is 3.06. The van der Waals surface area contributed by atoms with E-state index >= 15 is 0 Å². The highest BCUT2D eigenvalue weighted by atomic mass is 79.9. The topological polar surface area (TPSA) is 92.0 Å². The highest BCUT2D eigenvalue weighted by Crippen LogP contribution is 2.08. The van der Waals surface area contributed by atoms with E-state index in [9.17, 15) is 14.4 Å². The first kappa shape index (κ1) is 12.7. The Hall–Kier alpha value is -1.37. The summed E-state index contributed by atoms with van der Waals surface area (Å²) >= 11 is 2.91. The summed E-state index contributed by atoms with van der Waals surface area (Å²) in [7, 11) is 0. The minimum absolute atomic E-state index is 0.0337. The van der Waals surface area contributed by atoms with Gasteiger partial charge in [-0.1, -0.05) is 13.3 Å². The van der Waals surface area contributed by atoms with Crippen LogP contribution in [0.2, 0.25) is 0 Å². The normalized spacial score (nSPS) is 10.1. The Balaban J connectivity index is 2.91. The number of aromatic amines is 2. The van der Waals surface area contributed by atoms with Crippen molar-refractivity contribution in [1.29, 1.82) is 0 Å². The predicted octanol–water partition coefficient (Wildman–Crippen LogP) is 0.783. The van der Waals surface area contributed by atoms with Crippen molar-refractivity contribution in [2.75, 3.05) is 6.61 Å². The van der Waals surface area contributed by atoms with Crippen molar-refractivity contribution < 1.29 is 9.53 Å². The molecule has 16 heavy (non-hydrogen) atoms. The fraction of sp³-hybridized carbons (Fsp3) is 0.444. The third-order valence-corrected chi connectivity index (χ3v) is 2.58. The van der Waals surface area contributed by atoms with Crippen molar-refractivity contribution in [3.63, 3.8) is 0 Å². The molecule has 0 atom stereocenters. The molecule has 0 aliphatic carbocycles. The Labute approximate surface area is 99.2 Å². The molecule has 0 aliphatic rings. The van der Waals surface area contributed by atoms with Crippen molar-refractivity contribution in [2.45, 2.75) is 19.8 Å². The molecule has 0 bridgehead atoms. The van der Waals surface area contributed by atoms with Crippen molar-refractivity contribution in [1.82, 2.24) is 9.97 Å². The first-order valence-electron chi connectivity index (χ1n) is 4.75. The van der Waals surface area contributed by atoms with Gasteiger partial charge in [-0.15, -0.1) is 0 Å². The molecule has 0 aromatic carbocycles. The van der Waals surface area contributed by atoms with Crippen LogP contribution in [0.15, 0.2) is 14.1 Å². The van der Waals surface area contributed by atoms with Crippen LogP contribution < -0.4 is 11.2 Å². The molecule has 1 rings (SSSR count). The summed E-state index contributed by atoms with van der Waals surface area (Å²) in [6.07, 6.45) is 1.62. The zero-order valence-corrected chi connectivity index (χ0v) is 10.2. The van der Waals surface area contributed by atoms with Crippen LogP contribution in [0.5, 0.6) is 0 Å². The SMILES string of the molecule is CCCCOC(=O)c1[nH]c(=O)[nH]c(=O)c1Br. The van der Waals surface area contributed by atoms with Gasteiger partial charge < -0.3 is 9.72 Å². The lowest BCUT2D eigenvalue weighted by Gasteiger charge is -2.04. The van der Waals surface area contributed by atoms with Gasteiger partial charge in [0.25, 0.3) is 5.56 Å². The molecule has 2 N–H and O–H groups in total. The summed E-state index contributed by atoms with van der Waals surface area (Å²) in [5, 5.41) is 0. The summed E-state index contributed by atoms with van der Waals surface area (Å²) in [6, 6.07) is 0. The number of ether oxygens (including phenoxy) is 1. The van der Waals surface area contributed by atoms with E-state index in [0.717, 1.165) is 12.8 Å². The van der Waals surface area contributed by atoms with E-state index in [1.54, 1.807) is 0 Å². The van der Waals surface area contributed by atoms with Crippen LogP contribution in [0.3, 0.4) is 0 Å². The Kier molecular flexibility index (Phi) is 4.48. The first-order valence-corrected chi connectivity index (χ1v) is 5.54. The summed E-state index contributed by atoms with van der Waals surface area (Å²) in [4.78, 5) is 37.8. The van der Waals surface area contributed by atoms with Crippen LogP contribution in [0, 0.1) is 0 Å². The standard InChI is InChI=1S/C9H11BrN2O4/c1-2-3-4-16-8(14)6-5(10)7(13)12-9(15)11-6/h2-4H2,1H3,(H2,11,12,13,15). The summed E-state index contributed by atoms with van der Waals surface area (Å²) in [5.41, 5.74) is -1.56. The average molecular weight is 291 g/mol. The van der Waals surface area contributed by atoms with Gasteiger partial charge in [0.05, 0.1) is 6.61 Å². The molecule has 0 unspecified atom stereocenters. The molecule has 7 heteroatoms. The fourth-order valence-electron chi connectivity index (χ4n) is 0.993. The van der Waals surface area contributed by atoms with Crippen molar-refractivity contribution in [3.05, 3.63) is 31.0 Å². The van der Waals surface area contributed by atoms with E-state index in [1.165, 1.54) is 0 Å². The molecule has 6 nitrogen and oxygen atoms in total. The second kappa shape index (κ2) is 5.64. The number of halogens is 1. The zero-order chi connectivity index (χ0) is 12.1. The van der Waals surface area contributed by atoms with E-state index in [2.05, 4.69) is 20.9 Å². The highest BCUT2D eigenvalue weighted by Gasteiger charge is 2.15. The largest absolute Gasteiger partial charge is 0.461 e. The van der Waals surface area contributed by atoms with Crippen molar-refractivity contribution in [2.24, 2.45) is 0 Å². The molecule has 88 valence electrons. The summed E-state index contributed by atoms with van der Waals surface area (Å²) in [5.74, 6) is -0.719. The zero-order valence-electron chi connectivity index (χ0n) is 8.63. The minimum Gasteiger partial charge on any atom is -0.461 e. The fourth-order valence-corrected chi connectivity index (χ4v) is 1.35. The number of rotatable bonds is 4. The van der Waals surface area contributed by atoms with Crippen molar-refractivity contribution >= 4 is 21.9 Å². The number of carbonyl (C=O) groups is 1. The quantitative estimate of drug-likeness (QED) is 0.633. The lowest BCUT2D eigenvalue weighted by molar-refractivity contribution is 0.0490. The number of unbranched alkanes of at least 4 members (excludes halogenated alkanes) is 1. The Morgan fingerprint density at radius 1 is 1.38 bits per heavy atom. The van der Waals surface area contributed by atoms with Crippen LogP contribution in [-0.2, 0) is 4.74 Å². The van der Waals surface area contributed by atoms with Gasteiger partial charge in [0.15, 0.2) is 0 Å². The molecule has 0 radical (unpaired) electrons. The molecular formula is C9H11BrN2O4. The van der Waals surface area contributed by atoms with Gasteiger partial charge in [0.1, 0.15) is 10.2 Å². The van der Waals surface area contributed by atoms with E-state index < -0.39 is 17.2 Å². The molecule has 0 amide bonds. The molecular weight excluding hydrogens is 280 g/mol. The number of nitrogens with one attached hydrogen (secondary N) is 2. The molecule has 1 aromatic heterocycles. The number of H-pyrrole nitrogens is 2. The lowest BCUT2D eigenvalue weighted by Crippen LogP contribution is -2.27. The Bertz CT molecular complexity index is 491. The van der Waals surface area contributed by atoms with Gasteiger partial charge in [-0.25, -0.2) is 9.59 Å². The number of esters is 1. The molecule has 0 spiro atoms. The van der Waals surface area contributed by atoms with Crippen LogP contribution >= 0.6 is 15.9 Å². The Morgan fingerprint density at radius 2 is 2.06 bits per heavy atom. The maximum atomic E-state index is 11.5. The molecule has 0 aliphatic heterocycles. The van der Waals surface area contributed by atoms with Gasteiger partial charge in [-0.3, -0.25) is 9.78 Å². The van der Waals surface area contributed by atoms with Crippen LogP contribution in [0.25, 0.3) is 0 Å². The van der Waals surface area contributed by atoms with E-state index in [-0.39, 0.29) is 16.8 Å². The third-order valence-electron chi connectivity index (χ3n) is 1.82. The highest BCUT2D eigenvalue weighted by molar-refractivity contribution is 9.10. The first-order chi connectivity index (χ1) is 7.56. The Morgan fingerprint density at radius 3 is 2.69 bits per heavy atom. The number of hydrogen-bond acceptors (Lipinski definition) is 4. The summed E-state index contributed by atoms with van der Waals surface area (Å²) in [6.45, 7) is 2.22.